The van der Waals surface area contributed by atoms with Crippen molar-refractivity contribution in [3.05, 3.63) is 0 Å². The molecule has 0 spiro atoms. The van der Waals surface area contributed by atoms with Gasteiger partial charge in [0.05, 0.1) is 6.54 Å². The van der Waals surface area contributed by atoms with Gasteiger partial charge in [0.2, 0.25) is 5.91 Å². The zero-order valence-electron chi connectivity index (χ0n) is 10.9. The first-order chi connectivity index (χ1) is 8.24. The lowest BCUT2D eigenvalue weighted by Crippen LogP contribution is -2.42. The molecule has 106 valence electrons. The summed E-state index contributed by atoms with van der Waals surface area (Å²) in [5, 5.41) is 2.82. The summed E-state index contributed by atoms with van der Waals surface area (Å²) in [4.78, 5) is 17.7. The predicted molar refractivity (Wildman–Crippen MR) is 88.7 cm³/mol. The first-order valence-electron chi connectivity index (χ1n) is 6.13. The highest BCUT2D eigenvalue weighted by molar-refractivity contribution is 14.0. The maximum absolute atomic E-state index is 11.3. The SMILES string of the molecule is CCCNC(=O)CCN=C(N)N1CCSCC1.I. The van der Waals surface area contributed by atoms with Crippen molar-refractivity contribution < 1.29 is 4.79 Å². The minimum absolute atomic E-state index is 0. The van der Waals surface area contributed by atoms with Crippen LogP contribution >= 0.6 is 35.7 Å². The molecule has 5 nitrogen and oxygen atoms in total. The lowest BCUT2D eigenvalue weighted by molar-refractivity contribution is -0.120. The highest BCUT2D eigenvalue weighted by atomic mass is 127. The second kappa shape index (κ2) is 10.7. The van der Waals surface area contributed by atoms with Gasteiger partial charge in [0.25, 0.3) is 0 Å². The molecule has 0 aliphatic carbocycles. The van der Waals surface area contributed by atoms with E-state index in [1.807, 2.05) is 18.7 Å². The fraction of sp³-hybridized carbons (Fsp3) is 0.818. The van der Waals surface area contributed by atoms with Crippen molar-refractivity contribution in [2.24, 2.45) is 10.7 Å². The van der Waals surface area contributed by atoms with Crippen LogP contribution in [0.2, 0.25) is 0 Å². The highest BCUT2D eigenvalue weighted by Gasteiger charge is 2.11. The van der Waals surface area contributed by atoms with E-state index in [9.17, 15) is 4.79 Å². The van der Waals surface area contributed by atoms with E-state index in [0.29, 0.717) is 18.9 Å². The number of aliphatic imine (C=N–C) groups is 1. The fourth-order valence-corrected chi connectivity index (χ4v) is 2.42. The number of amides is 1. The van der Waals surface area contributed by atoms with Gasteiger partial charge in [0, 0.05) is 37.6 Å². The van der Waals surface area contributed by atoms with Gasteiger partial charge < -0.3 is 16.0 Å². The van der Waals surface area contributed by atoms with E-state index in [2.05, 4.69) is 15.2 Å². The molecule has 1 aliphatic heterocycles. The second-order valence-corrected chi connectivity index (χ2v) is 5.16. The van der Waals surface area contributed by atoms with Crippen molar-refractivity contribution in [3.63, 3.8) is 0 Å². The van der Waals surface area contributed by atoms with Gasteiger partial charge in [0.15, 0.2) is 5.96 Å². The third-order valence-electron chi connectivity index (χ3n) is 2.52. The van der Waals surface area contributed by atoms with Crippen LogP contribution in [0.5, 0.6) is 0 Å². The smallest absolute Gasteiger partial charge is 0.221 e. The molecule has 0 radical (unpaired) electrons. The molecule has 0 atom stereocenters. The van der Waals surface area contributed by atoms with Crippen LogP contribution in [-0.2, 0) is 4.79 Å². The van der Waals surface area contributed by atoms with Crippen molar-refractivity contribution in [2.45, 2.75) is 19.8 Å². The number of thioether (sulfide) groups is 1. The highest BCUT2D eigenvalue weighted by Crippen LogP contribution is 2.08. The van der Waals surface area contributed by atoms with Crippen LogP contribution < -0.4 is 11.1 Å². The van der Waals surface area contributed by atoms with E-state index in [1.165, 1.54) is 0 Å². The molecular weight excluding hydrogens is 363 g/mol. The predicted octanol–water partition coefficient (Wildman–Crippen LogP) is 0.884. The standard InChI is InChI=1S/C11H22N4OS.HI/c1-2-4-13-10(16)3-5-14-11(12)15-6-8-17-9-7-15;/h2-9H2,1H3,(H2,12,14)(H,13,16);1H. The van der Waals surface area contributed by atoms with E-state index in [4.69, 9.17) is 5.73 Å². The van der Waals surface area contributed by atoms with Crippen LogP contribution in [0.1, 0.15) is 19.8 Å². The lowest BCUT2D eigenvalue weighted by atomic mass is 10.4. The van der Waals surface area contributed by atoms with Crippen LogP contribution in [0.3, 0.4) is 0 Å². The van der Waals surface area contributed by atoms with Crippen molar-refractivity contribution >= 4 is 47.6 Å². The number of carbonyl (C=O) groups is 1. The zero-order chi connectivity index (χ0) is 12.5. The van der Waals surface area contributed by atoms with Gasteiger partial charge in [-0.2, -0.15) is 11.8 Å². The minimum Gasteiger partial charge on any atom is -0.370 e. The topological polar surface area (TPSA) is 70.7 Å². The first kappa shape index (κ1) is 17.8. The van der Waals surface area contributed by atoms with E-state index in [-0.39, 0.29) is 29.9 Å². The molecule has 1 fully saturated rings. The Labute approximate surface area is 130 Å². The number of halogens is 1. The van der Waals surface area contributed by atoms with Gasteiger partial charge in [-0.15, -0.1) is 24.0 Å². The number of hydrogen-bond acceptors (Lipinski definition) is 3. The summed E-state index contributed by atoms with van der Waals surface area (Å²) in [7, 11) is 0. The summed E-state index contributed by atoms with van der Waals surface area (Å²) in [5.41, 5.74) is 5.87. The number of nitrogens with two attached hydrogens (primary N) is 1. The van der Waals surface area contributed by atoms with E-state index >= 15 is 0 Å². The zero-order valence-corrected chi connectivity index (χ0v) is 14.0. The van der Waals surface area contributed by atoms with Gasteiger partial charge in [-0.1, -0.05) is 6.92 Å². The molecular formula is C11H23IN4OS. The summed E-state index contributed by atoms with van der Waals surface area (Å²) in [6.07, 6.45) is 1.38. The quantitative estimate of drug-likeness (QED) is 0.418. The Hall–Kier alpha value is -0.180. The molecule has 1 amide bonds. The number of guanidine groups is 1. The van der Waals surface area contributed by atoms with E-state index in [1.54, 1.807) is 0 Å². The van der Waals surface area contributed by atoms with Crippen molar-refractivity contribution in [1.29, 1.82) is 0 Å². The second-order valence-electron chi connectivity index (χ2n) is 3.94. The Morgan fingerprint density at radius 3 is 2.72 bits per heavy atom. The number of rotatable bonds is 5. The molecule has 0 unspecified atom stereocenters. The molecule has 0 aromatic rings. The van der Waals surface area contributed by atoms with Gasteiger partial charge in [-0.05, 0) is 6.42 Å². The van der Waals surface area contributed by atoms with Crippen LogP contribution in [0, 0.1) is 0 Å². The molecule has 7 heteroatoms. The molecule has 3 N–H and O–H groups in total. The van der Waals surface area contributed by atoms with Gasteiger partial charge in [-0.25, -0.2) is 0 Å². The van der Waals surface area contributed by atoms with E-state index in [0.717, 1.165) is 37.6 Å². The molecule has 1 rings (SSSR count). The molecule has 1 saturated heterocycles. The number of nitrogens with zero attached hydrogens (tertiary/aromatic N) is 2. The van der Waals surface area contributed by atoms with Crippen LogP contribution in [0.25, 0.3) is 0 Å². The minimum atomic E-state index is 0. The van der Waals surface area contributed by atoms with E-state index < -0.39 is 0 Å². The van der Waals surface area contributed by atoms with Crippen LogP contribution in [0.4, 0.5) is 0 Å². The molecule has 18 heavy (non-hydrogen) atoms. The Kier molecular flexibility index (Phi) is 10.6. The Balaban J connectivity index is 0.00000289. The number of nitrogens with one attached hydrogen (secondary N) is 1. The first-order valence-corrected chi connectivity index (χ1v) is 7.28. The molecule has 0 saturated carbocycles. The van der Waals surface area contributed by atoms with Crippen LogP contribution in [-0.4, -0.2) is 54.5 Å². The molecule has 1 heterocycles. The number of carbonyl (C=O) groups excluding carboxylic acids is 1. The molecule has 0 bridgehead atoms. The lowest BCUT2D eigenvalue weighted by Gasteiger charge is -2.27. The maximum Gasteiger partial charge on any atom is 0.221 e. The fourth-order valence-electron chi connectivity index (χ4n) is 1.52. The largest absolute Gasteiger partial charge is 0.370 e. The summed E-state index contributed by atoms with van der Waals surface area (Å²) in [5.74, 6) is 2.84. The molecule has 0 aromatic heterocycles. The normalized spacial score (nSPS) is 16.1. The monoisotopic (exact) mass is 386 g/mol. The average molecular weight is 386 g/mol. The van der Waals surface area contributed by atoms with Crippen molar-refractivity contribution in [3.8, 4) is 0 Å². The summed E-state index contributed by atoms with van der Waals surface area (Å²) in [6, 6.07) is 0. The van der Waals surface area contributed by atoms with Gasteiger partial charge in [0.1, 0.15) is 0 Å². The van der Waals surface area contributed by atoms with Crippen LogP contribution in [0.15, 0.2) is 4.99 Å². The number of hydrogen-bond donors (Lipinski definition) is 2. The summed E-state index contributed by atoms with van der Waals surface area (Å²) >= 11 is 1.94. The van der Waals surface area contributed by atoms with Gasteiger partial charge >= 0.3 is 0 Å². The average Bonchev–Trinajstić information content (AvgIpc) is 2.37. The molecule has 0 aromatic carbocycles. The van der Waals surface area contributed by atoms with Crippen molar-refractivity contribution in [1.82, 2.24) is 10.2 Å². The summed E-state index contributed by atoms with van der Waals surface area (Å²) < 4.78 is 0. The third-order valence-corrected chi connectivity index (χ3v) is 3.46. The Bertz CT molecular complexity index is 270. The maximum atomic E-state index is 11.3. The Morgan fingerprint density at radius 2 is 2.11 bits per heavy atom. The summed E-state index contributed by atoms with van der Waals surface area (Å²) in [6.45, 7) is 5.17. The van der Waals surface area contributed by atoms with Gasteiger partial charge in [-0.3, -0.25) is 9.79 Å². The molecule has 1 aliphatic rings. The van der Waals surface area contributed by atoms with Crippen molar-refractivity contribution in [2.75, 3.05) is 37.7 Å². The Morgan fingerprint density at radius 1 is 1.44 bits per heavy atom. The third kappa shape index (κ3) is 7.30.